The molecule has 0 N–H and O–H groups in total. The molecule has 3 rings (SSSR count). The number of methoxy groups -OCH3 is 1. The highest BCUT2D eigenvalue weighted by Gasteiger charge is 2.12. The van der Waals surface area contributed by atoms with Gasteiger partial charge in [-0.25, -0.2) is 9.59 Å². The predicted molar refractivity (Wildman–Crippen MR) is 106 cm³/mol. The molecule has 0 saturated heterocycles. The van der Waals surface area contributed by atoms with Gasteiger partial charge < -0.3 is 9.15 Å². The lowest BCUT2D eigenvalue weighted by atomic mass is 10.1. The third-order valence-corrected chi connectivity index (χ3v) is 4.64. The van der Waals surface area contributed by atoms with Crippen LogP contribution in [0.5, 0.6) is 0 Å². The minimum Gasteiger partial charge on any atom is -0.465 e. The van der Waals surface area contributed by atoms with Crippen LogP contribution in [0.1, 0.15) is 31.8 Å². The minimum atomic E-state index is -0.516. The van der Waals surface area contributed by atoms with Gasteiger partial charge >= 0.3 is 11.6 Å². The monoisotopic (exact) mass is 426 g/mol. The molecule has 0 atom stereocenters. The first-order valence-electron chi connectivity index (χ1n) is 8.04. The zero-order valence-corrected chi connectivity index (χ0v) is 16.2. The van der Waals surface area contributed by atoms with E-state index in [0.717, 1.165) is 10.9 Å². The number of rotatable bonds is 4. The van der Waals surface area contributed by atoms with Gasteiger partial charge in [0.15, 0.2) is 5.78 Å². The molecule has 27 heavy (non-hydrogen) atoms. The summed E-state index contributed by atoms with van der Waals surface area (Å²) in [4.78, 5) is 36.1. The van der Waals surface area contributed by atoms with Gasteiger partial charge in [0.2, 0.25) is 0 Å². The lowest BCUT2D eigenvalue weighted by Gasteiger charge is -2.04. The van der Waals surface area contributed by atoms with E-state index in [1.54, 1.807) is 12.1 Å². The Morgan fingerprint density at radius 2 is 1.89 bits per heavy atom. The third-order valence-electron chi connectivity index (χ3n) is 3.99. The van der Waals surface area contributed by atoms with E-state index in [4.69, 9.17) is 4.42 Å². The number of ketones is 1. The summed E-state index contributed by atoms with van der Waals surface area (Å²) in [5.74, 6) is -0.809. The second kappa shape index (κ2) is 7.72. The molecule has 6 heteroatoms. The molecule has 0 unspecified atom stereocenters. The summed E-state index contributed by atoms with van der Waals surface area (Å²) in [6.45, 7) is 1.91. The highest BCUT2D eigenvalue weighted by atomic mass is 79.9. The van der Waals surface area contributed by atoms with Crippen LogP contribution in [0, 0.1) is 6.92 Å². The van der Waals surface area contributed by atoms with Crippen LogP contribution in [0.15, 0.2) is 62.2 Å². The Hall–Kier alpha value is -2.99. The Morgan fingerprint density at radius 3 is 2.59 bits per heavy atom. The van der Waals surface area contributed by atoms with Crippen LogP contribution in [0.3, 0.4) is 0 Å². The van der Waals surface area contributed by atoms with Crippen molar-refractivity contribution in [3.05, 3.63) is 85.7 Å². The van der Waals surface area contributed by atoms with Crippen molar-refractivity contribution in [1.29, 1.82) is 0 Å². The van der Waals surface area contributed by atoms with Crippen molar-refractivity contribution in [2.24, 2.45) is 0 Å². The fourth-order valence-corrected chi connectivity index (χ4v) is 3.14. The number of fused-ring (bicyclic) bond motifs is 1. The van der Waals surface area contributed by atoms with Gasteiger partial charge in [0.25, 0.3) is 0 Å². The zero-order chi connectivity index (χ0) is 19.6. The molecule has 5 nitrogen and oxygen atoms in total. The fraction of sp³-hybridized carbons (Fsp3) is 0.0952. The van der Waals surface area contributed by atoms with Gasteiger partial charge in [0.1, 0.15) is 5.58 Å². The first kappa shape index (κ1) is 18.8. The van der Waals surface area contributed by atoms with Crippen molar-refractivity contribution in [2.75, 3.05) is 7.11 Å². The Labute approximate surface area is 163 Å². The first-order valence-corrected chi connectivity index (χ1v) is 8.83. The summed E-state index contributed by atoms with van der Waals surface area (Å²) in [5.41, 5.74) is 1.95. The van der Waals surface area contributed by atoms with Crippen LogP contribution >= 0.6 is 15.9 Å². The van der Waals surface area contributed by atoms with E-state index in [1.165, 1.54) is 37.5 Å². The van der Waals surface area contributed by atoms with E-state index >= 15 is 0 Å². The van der Waals surface area contributed by atoms with Crippen molar-refractivity contribution < 1.29 is 18.7 Å². The van der Waals surface area contributed by atoms with Gasteiger partial charge in [-0.2, -0.15) is 0 Å². The van der Waals surface area contributed by atoms with E-state index in [-0.39, 0.29) is 11.3 Å². The van der Waals surface area contributed by atoms with Crippen LogP contribution in [0.2, 0.25) is 0 Å². The number of halogens is 1. The fourth-order valence-electron chi connectivity index (χ4n) is 2.57. The van der Waals surface area contributed by atoms with Crippen molar-refractivity contribution >= 4 is 44.7 Å². The topological polar surface area (TPSA) is 73.6 Å². The van der Waals surface area contributed by atoms with Gasteiger partial charge in [-0.15, -0.1) is 0 Å². The molecular formula is C21H15BrO5. The molecule has 0 aliphatic heterocycles. The van der Waals surface area contributed by atoms with Gasteiger partial charge in [-0.3, -0.25) is 4.79 Å². The second-order valence-corrected chi connectivity index (χ2v) is 6.77. The molecule has 0 bridgehead atoms. The Kier molecular flexibility index (Phi) is 5.37. The number of benzene rings is 2. The SMILES string of the molecule is COC(=O)c1ccc(C(=O)/C=C/c2cc3ccc(C)cc3oc2=O)c(Br)c1. The molecule has 3 aromatic rings. The maximum Gasteiger partial charge on any atom is 0.343 e. The molecule has 136 valence electrons. The normalized spacial score (nSPS) is 11.1. The van der Waals surface area contributed by atoms with Crippen LogP contribution in [0.4, 0.5) is 0 Å². The molecule has 1 aromatic heterocycles. The van der Waals surface area contributed by atoms with E-state index in [0.29, 0.717) is 21.2 Å². The smallest absolute Gasteiger partial charge is 0.343 e. The predicted octanol–water partition coefficient (Wildman–Crippen LogP) is 4.55. The summed E-state index contributed by atoms with van der Waals surface area (Å²) in [5, 5.41) is 0.774. The molecule has 0 aliphatic rings. The summed E-state index contributed by atoms with van der Waals surface area (Å²) in [6, 6.07) is 11.8. The highest BCUT2D eigenvalue weighted by Crippen LogP contribution is 2.21. The van der Waals surface area contributed by atoms with Gasteiger partial charge in [-0.05, 0) is 55.0 Å². The molecule has 0 spiro atoms. The number of hydrogen-bond donors (Lipinski definition) is 0. The van der Waals surface area contributed by atoms with E-state index in [9.17, 15) is 14.4 Å². The standard InChI is InChI=1S/C21H15BrO5/c1-12-3-4-13-10-14(21(25)27-19(13)9-12)6-8-18(23)16-7-5-15(11-17(16)22)20(24)26-2/h3-11H,1-2H3/b8-6+. The number of aryl methyl sites for hydroxylation is 1. The number of carbonyl (C=O) groups is 2. The molecule has 2 aromatic carbocycles. The average molecular weight is 427 g/mol. The van der Waals surface area contributed by atoms with Gasteiger partial charge in [0.05, 0.1) is 18.2 Å². The maximum absolute atomic E-state index is 12.4. The summed E-state index contributed by atoms with van der Waals surface area (Å²) >= 11 is 3.28. The van der Waals surface area contributed by atoms with E-state index in [1.807, 2.05) is 19.1 Å². The lowest BCUT2D eigenvalue weighted by Crippen LogP contribution is -2.05. The Morgan fingerprint density at radius 1 is 1.11 bits per heavy atom. The van der Waals surface area contributed by atoms with Crippen molar-refractivity contribution in [1.82, 2.24) is 0 Å². The van der Waals surface area contributed by atoms with Crippen LogP contribution in [0.25, 0.3) is 17.0 Å². The highest BCUT2D eigenvalue weighted by molar-refractivity contribution is 9.10. The zero-order valence-electron chi connectivity index (χ0n) is 14.6. The van der Waals surface area contributed by atoms with Crippen molar-refractivity contribution in [3.8, 4) is 0 Å². The number of hydrogen-bond acceptors (Lipinski definition) is 5. The summed E-state index contributed by atoms with van der Waals surface area (Å²) in [7, 11) is 1.29. The minimum absolute atomic E-state index is 0.280. The molecular weight excluding hydrogens is 412 g/mol. The molecule has 0 aliphatic carbocycles. The molecule has 0 amide bonds. The van der Waals surface area contributed by atoms with Crippen LogP contribution in [-0.4, -0.2) is 18.9 Å². The van der Waals surface area contributed by atoms with E-state index in [2.05, 4.69) is 20.7 Å². The van der Waals surface area contributed by atoms with Gasteiger partial charge in [-0.1, -0.05) is 28.1 Å². The second-order valence-electron chi connectivity index (χ2n) is 5.91. The molecule has 0 saturated carbocycles. The van der Waals surface area contributed by atoms with Crippen LogP contribution in [-0.2, 0) is 4.74 Å². The lowest BCUT2D eigenvalue weighted by molar-refractivity contribution is 0.0600. The average Bonchev–Trinajstić information content (AvgIpc) is 2.65. The molecule has 0 radical (unpaired) electrons. The third kappa shape index (κ3) is 4.06. The number of ether oxygens (including phenoxy) is 1. The molecule has 1 heterocycles. The van der Waals surface area contributed by atoms with Crippen molar-refractivity contribution in [2.45, 2.75) is 6.92 Å². The number of allylic oxidation sites excluding steroid dienone is 1. The largest absolute Gasteiger partial charge is 0.465 e. The van der Waals surface area contributed by atoms with E-state index < -0.39 is 11.6 Å². The maximum atomic E-state index is 12.4. The quantitative estimate of drug-likeness (QED) is 0.265. The first-order chi connectivity index (χ1) is 12.9. The summed E-state index contributed by atoms with van der Waals surface area (Å²) < 4.78 is 10.4. The summed E-state index contributed by atoms with van der Waals surface area (Å²) in [6.07, 6.45) is 2.72. The Balaban J connectivity index is 1.90. The van der Waals surface area contributed by atoms with Crippen LogP contribution < -0.4 is 5.63 Å². The van der Waals surface area contributed by atoms with Gasteiger partial charge in [0, 0.05) is 15.4 Å². The Bertz CT molecular complexity index is 1140. The number of esters is 1. The molecule has 0 fully saturated rings. The number of carbonyl (C=O) groups excluding carboxylic acids is 2. The van der Waals surface area contributed by atoms with Crippen molar-refractivity contribution in [3.63, 3.8) is 0 Å².